The van der Waals surface area contributed by atoms with E-state index >= 15 is 0 Å². The zero-order chi connectivity index (χ0) is 17.5. The van der Waals surface area contributed by atoms with Gasteiger partial charge in [-0.15, -0.1) is 0 Å². The van der Waals surface area contributed by atoms with Gasteiger partial charge in [0, 0.05) is 13.0 Å². The molecule has 1 aliphatic heterocycles. The first-order chi connectivity index (χ1) is 11.5. The van der Waals surface area contributed by atoms with Gasteiger partial charge in [0.15, 0.2) is 6.10 Å². The Morgan fingerprint density at radius 3 is 2.54 bits per heavy atom. The molecule has 0 aliphatic carbocycles. The number of carboxylic acid groups (broad SMARTS) is 1. The van der Waals surface area contributed by atoms with E-state index < -0.39 is 12.1 Å². The lowest BCUT2D eigenvalue weighted by molar-refractivity contribution is -0.166. The molecule has 1 aromatic rings. The molecule has 7 heteroatoms. The fourth-order valence-electron chi connectivity index (χ4n) is 2.53. The Hall–Kier alpha value is -2.28. The largest absolute Gasteiger partial charge is 0.497 e. The highest BCUT2D eigenvalue weighted by atomic mass is 16.5. The average molecular weight is 337 g/mol. The van der Waals surface area contributed by atoms with E-state index in [1.807, 2.05) is 24.3 Å². The molecule has 7 nitrogen and oxygen atoms in total. The highest BCUT2D eigenvalue weighted by Crippen LogP contribution is 2.17. The zero-order valence-electron chi connectivity index (χ0n) is 13.9. The fraction of sp³-hybridized carbons (Fsp3) is 0.529. The molecule has 1 fully saturated rings. The van der Waals surface area contributed by atoms with Gasteiger partial charge in [-0.1, -0.05) is 0 Å². The number of morpholine rings is 1. The number of rotatable bonds is 7. The van der Waals surface area contributed by atoms with Crippen LogP contribution in [0.25, 0.3) is 0 Å². The number of nitrogens with zero attached hydrogens (tertiary/aromatic N) is 1. The van der Waals surface area contributed by atoms with E-state index in [0.717, 1.165) is 5.75 Å². The van der Waals surface area contributed by atoms with E-state index in [9.17, 15) is 9.59 Å². The molecule has 2 atom stereocenters. The van der Waals surface area contributed by atoms with Crippen LogP contribution >= 0.6 is 0 Å². The van der Waals surface area contributed by atoms with Gasteiger partial charge in [0.1, 0.15) is 11.5 Å². The Morgan fingerprint density at radius 2 is 1.92 bits per heavy atom. The number of carboxylic acids is 1. The van der Waals surface area contributed by atoms with E-state index in [1.165, 1.54) is 0 Å². The summed E-state index contributed by atoms with van der Waals surface area (Å²) in [5, 5.41) is 9.04. The third-order valence-corrected chi connectivity index (χ3v) is 3.75. The molecule has 0 saturated carbocycles. The van der Waals surface area contributed by atoms with Crippen LogP contribution in [0.1, 0.15) is 19.8 Å². The maximum Gasteiger partial charge on any atom is 0.334 e. The van der Waals surface area contributed by atoms with Crippen molar-refractivity contribution in [2.24, 2.45) is 0 Å². The van der Waals surface area contributed by atoms with Gasteiger partial charge in [-0.3, -0.25) is 4.79 Å². The molecule has 2 rings (SSSR count). The summed E-state index contributed by atoms with van der Waals surface area (Å²) in [6, 6.07) is 7.23. The maximum atomic E-state index is 12.2. The molecule has 132 valence electrons. The minimum absolute atomic E-state index is 0.0743. The highest BCUT2D eigenvalue weighted by Gasteiger charge is 2.32. The van der Waals surface area contributed by atoms with Gasteiger partial charge in [-0.2, -0.15) is 0 Å². The highest BCUT2D eigenvalue weighted by molar-refractivity contribution is 5.78. The summed E-state index contributed by atoms with van der Waals surface area (Å²) < 4.78 is 16.0. The van der Waals surface area contributed by atoms with Crippen LogP contribution in [0.5, 0.6) is 11.5 Å². The summed E-state index contributed by atoms with van der Waals surface area (Å²) >= 11 is 0. The van der Waals surface area contributed by atoms with Crippen molar-refractivity contribution in [2.45, 2.75) is 32.0 Å². The molecule has 1 unspecified atom stereocenters. The van der Waals surface area contributed by atoms with Crippen molar-refractivity contribution in [1.29, 1.82) is 0 Å². The third-order valence-electron chi connectivity index (χ3n) is 3.75. The van der Waals surface area contributed by atoms with Crippen LogP contribution in [0.2, 0.25) is 0 Å². The summed E-state index contributed by atoms with van der Waals surface area (Å²) in [6.45, 7) is 2.70. The Kier molecular flexibility index (Phi) is 6.43. The van der Waals surface area contributed by atoms with Crippen molar-refractivity contribution < 1.29 is 28.9 Å². The van der Waals surface area contributed by atoms with Gasteiger partial charge in [-0.25, -0.2) is 4.79 Å². The van der Waals surface area contributed by atoms with E-state index in [-0.39, 0.29) is 18.6 Å². The Balaban J connectivity index is 1.73. The molecule has 1 amide bonds. The molecule has 24 heavy (non-hydrogen) atoms. The number of hydrogen-bond acceptors (Lipinski definition) is 5. The minimum atomic E-state index is -1.04. The second kappa shape index (κ2) is 8.54. The van der Waals surface area contributed by atoms with Crippen molar-refractivity contribution in [1.82, 2.24) is 4.90 Å². The summed E-state index contributed by atoms with van der Waals surface area (Å²) in [7, 11) is 1.60. The second-order valence-corrected chi connectivity index (χ2v) is 5.70. The predicted octanol–water partition coefficient (Wildman–Crippen LogP) is 1.55. The molecule has 0 aromatic heterocycles. The molecule has 0 bridgehead atoms. The fourth-order valence-corrected chi connectivity index (χ4v) is 2.53. The predicted molar refractivity (Wildman–Crippen MR) is 86.3 cm³/mol. The first-order valence-electron chi connectivity index (χ1n) is 7.92. The molecule has 1 aromatic carbocycles. The van der Waals surface area contributed by atoms with Crippen molar-refractivity contribution in [3.05, 3.63) is 24.3 Å². The number of carbonyl (C=O) groups is 2. The van der Waals surface area contributed by atoms with Crippen molar-refractivity contribution in [2.75, 3.05) is 26.8 Å². The molecular formula is C17H23NO6. The molecule has 1 saturated heterocycles. The summed E-state index contributed by atoms with van der Waals surface area (Å²) in [4.78, 5) is 24.8. The topological polar surface area (TPSA) is 85.3 Å². The summed E-state index contributed by atoms with van der Waals surface area (Å²) in [5.41, 5.74) is 0. The molecular weight excluding hydrogens is 314 g/mol. The number of aliphatic carboxylic acids is 1. The lowest BCUT2D eigenvalue weighted by Gasteiger charge is -2.35. The van der Waals surface area contributed by atoms with Crippen LogP contribution in [-0.2, 0) is 14.3 Å². The molecule has 1 heterocycles. The normalized spacial score (nSPS) is 20.5. The number of amides is 1. The lowest BCUT2D eigenvalue weighted by Crippen LogP contribution is -2.51. The van der Waals surface area contributed by atoms with Crippen LogP contribution < -0.4 is 9.47 Å². The molecule has 1 aliphatic rings. The van der Waals surface area contributed by atoms with Crippen molar-refractivity contribution in [3.8, 4) is 11.5 Å². The van der Waals surface area contributed by atoms with E-state index in [0.29, 0.717) is 31.7 Å². The van der Waals surface area contributed by atoms with Crippen molar-refractivity contribution >= 4 is 11.9 Å². The summed E-state index contributed by atoms with van der Waals surface area (Å²) in [6.07, 6.45) is -0.351. The smallest absolute Gasteiger partial charge is 0.334 e. The van der Waals surface area contributed by atoms with Gasteiger partial charge in [-0.05, 0) is 37.6 Å². The number of ether oxygens (including phenoxy) is 3. The minimum Gasteiger partial charge on any atom is -0.497 e. The van der Waals surface area contributed by atoms with Crippen LogP contribution in [0.3, 0.4) is 0 Å². The second-order valence-electron chi connectivity index (χ2n) is 5.70. The number of hydrogen-bond donors (Lipinski definition) is 1. The number of methoxy groups -OCH3 is 1. The van der Waals surface area contributed by atoms with Gasteiger partial charge in [0.2, 0.25) is 5.91 Å². The number of benzene rings is 1. The zero-order valence-corrected chi connectivity index (χ0v) is 13.9. The van der Waals surface area contributed by atoms with Crippen LogP contribution in [0.15, 0.2) is 24.3 Å². The van der Waals surface area contributed by atoms with Gasteiger partial charge < -0.3 is 24.2 Å². The summed E-state index contributed by atoms with van der Waals surface area (Å²) in [5.74, 6) is 0.359. The van der Waals surface area contributed by atoms with Gasteiger partial charge in [0.25, 0.3) is 0 Å². The molecule has 1 N–H and O–H groups in total. The van der Waals surface area contributed by atoms with Crippen LogP contribution in [0.4, 0.5) is 0 Å². The maximum absolute atomic E-state index is 12.2. The number of carbonyl (C=O) groups excluding carboxylic acids is 1. The Labute approximate surface area is 141 Å². The standard InChI is InChI=1S/C17H23NO6/c1-12-10-18(11-15(24-12)17(20)21)16(19)4-3-9-23-14-7-5-13(22-2)6-8-14/h5-8,12,15H,3-4,9-11H2,1-2H3,(H,20,21)/t12-,15?/m1/s1. The third kappa shape index (κ3) is 5.13. The lowest BCUT2D eigenvalue weighted by atomic mass is 10.2. The Morgan fingerprint density at radius 1 is 1.25 bits per heavy atom. The quantitative estimate of drug-likeness (QED) is 0.760. The van der Waals surface area contributed by atoms with Gasteiger partial charge >= 0.3 is 5.97 Å². The van der Waals surface area contributed by atoms with E-state index in [4.69, 9.17) is 19.3 Å². The first-order valence-corrected chi connectivity index (χ1v) is 7.92. The van der Waals surface area contributed by atoms with E-state index in [2.05, 4.69) is 0 Å². The monoisotopic (exact) mass is 337 g/mol. The van der Waals surface area contributed by atoms with Crippen LogP contribution in [0, 0.1) is 0 Å². The Bertz CT molecular complexity index is 559. The van der Waals surface area contributed by atoms with Crippen molar-refractivity contribution in [3.63, 3.8) is 0 Å². The SMILES string of the molecule is COc1ccc(OCCCC(=O)N2CC(C(=O)O)O[C@H](C)C2)cc1. The average Bonchev–Trinajstić information content (AvgIpc) is 2.58. The molecule has 0 radical (unpaired) electrons. The first kappa shape index (κ1) is 18.1. The molecule has 0 spiro atoms. The van der Waals surface area contributed by atoms with E-state index in [1.54, 1.807) is 18.9 Å². The van der Waals surface area contributed by atoms with Gasteiger partial charge in [0.05, 0.1) is 26.4 Å². The van der Waals surface area contributed by atoms with Crippen LogP contribution in [-0.4, -0.2) is 60.9 Å².